The van der Waals surface area contributed by atoms with Crippen molar-refractivity contribution in [1.29, 1.82) is 0 Å². The maximum atomic E-state index is 12.1. The number of unbranched alkanes of at least 4 members (excludes halogenated alkanes) is 2. The maximum absolute atomic E-state index is 12.1. The quantitative estimate of drug-likeness (QED) is 0.551. The van der Waals surface area contributed by atoms with Gasteiger partial charge in [0, 0.05) is 0 Å². The van der Waals surface area contributed by atoms with Gasteiger partial charge in [-0.2, -0.15) is 0 Å². The molecule has 96 valence electrons. The van der Waals surface area contributed by atoms with Crippen LogP contribution in [0.2, 0.25) is 4.34 Å². The molecule has 0 aliphatic heterocycles. The number of nitrogens with zero attached hydrogens (tertiary/aromatic N) is 1. The number of thiophene rings is 1. The third-order valence-electron chi connectivity index (χ3n) is 2.97. The fourth-order valence-electron chi connectivity index (χ4n) is 1.66. The molecule has 1 rings (SSSR count). The standard InChI is InChI=1S/C13H20ClNOS/c1-4-5-6-9-15(3)10(2)13(16)11-7-8-12(14)17-11/h7-8,10H,4-6,9H2,1-3H3. The number of hydrogen-bond acceptors (Lipinski definition) is 3. The Bertz CT molecular complexity index is 364. The van der Waals surface area contributed by atoms with Crippen LogP contribution in [0.25, 0.3) is 0 Å². The fourth-order valence-corrected chi connectivity index (χ4v) is 2.72. The second kappa shape index (κ2) is 7.14. The molecule has 0 saturated carbocycles. The van der Waals surface area contributed by atoms with E-state index in [1.807, 2.05) is 20.0 Å². The van der Waals surface area contributed by atoms with Crippen molar-refractivity contribution in [3.8, 4) is 0 Å². The monoisotopic (exact) mass is 273 g/mol. The minimum absolute atomic E-state index is 0.0680. The van der Waals surface area contributed by atoms with E-state index in [1.54, 1.807) is 6.07 Å². The first-order chi connectivity index (χ1) is 8.06. The van der Waals surface area contributed by atoms with E-state index in [9.17, 15) is 4.79 Å². The van der Waals surface area contributed by atoms with Crippen LogP contribution in [0.5, 0.6) is 0 Å². The molecule has 17 heavy (non-hydrogen) atoms. The van der Waals surface area contributed by atoms with Crippen molar-refractivity contribution in [1.82, 2.24) is 4.90 Å². The predicted molar refractivity (Wildman–Crippen MR) is 75.3 cm³/mol. The number of ketones is 1. The van der Waals surface area contributed by atoms with Gasteiger partial charge in [-0.3, -0.25) is 9.69 Å². The van der Waals surface area contributed by atoms with E-state index < -0.39 is 0 Å². The zero-order valence-electron chi connectivity index (χ0n) is 10.7. The van der Waals surface area contributed by atoms with Gasteiger partial charge in [-0.1, -0.05) is 31.4 Å². The number of likely N-dealkylation sites (N-methyl/N-ethyl adjacent to an activating group) is 1. The van der Waals surface area contributed by atoms with E-state index >= 15 is 0 Å². The van der Waals surface area contributed by atoms with Crippen LogP contribution in [-0.4, -0.2) is 30.3 Å². The summed E-state index contributed by atoms with van der Waals surface area (Å²) in [6, 6.07) is 3.52. The molecule has 0 amide bonds. The maximum Gasteiger partial charge on any atom is 0.189 e. The first-order valence-corrected chi connectivity index (χ1v) is 7.25. The summed E-state index contributed by atoms with van der Waals surface area (Å²) in [5.41, 5.74) is 0. The van der Waals surface area contributed by atoms with Crippen molar-refractivity contribution in [3.05, 3.63) is 21.3 Å². The Morgan fingerprint density at radius 2 is 2.18 bits per heavy atom. The minimum Gasteiger partial charge on any atom is -0.297 e. The van der Waals surface area contributed by atoms with Crippen molar-refractivity contribution in [2.75, 3.05) is 13.6 Å². The Kier molecular flexibility index (Phi) is 6.17. The molecule has 4 heteroatoms. The lowest BCUT2D eigenvalue weighted by atomic mass is 10.1. The van der Waals surface area contributed by atoms with Gasteiger partial charge in [0.15, 0.2) is 5.78 Å². The first-order valence-electron chi connectivity index (χ1n) is 6.06. The lowest BCUT2D eigenvalue weighted by molar-refractivity contribution is 0.0871. The van der Waals surface area contributed by atoms with Crippen molar-refractivity contribution in [2.24, 2.45) is 0 Å². The summed E-state index contributed by atoms with van der Waals surface area (Å²) in [5, 5.41) is 0. The number of hydrogen-bond donors (Lipinski definition) is 0. The predicted octanol–water partition coefficient (Wildman–Crippen LogP) is 4.09. The molecule has 0 spiro atoms. The van der Waals surface area contributed by atoms with Gasteiger partial charge in [0.25, 0.3) is 0 Å². The van der Waals surface area contributed by atoms with E-state index in [-0.39, 0.29) is 11.8 Å². The van der Waals surface area contributed by atoms with Gasteiger partial charge in [-0.05, 0) is 39.1 Å². The Hall–Kier alpha value is -0.380. The topological polar surface area (TPSA) is 20.3 Å². The van der Waals surface area contributed by atoms with Gasteiger partial charge in [-0.15, -0.1) is 11.3 Å². The molecule has 1 aromatic rings. The Morgan fingerprint density at radius 3 is 2.71 bits per heavy atom. The third-order valence-corrected chi connectivity index (χ3v) is 4.22. The third kappa shape index (κ3) is 4.41. The molecule has 1 aromatic heterocycles. The Balaban J connectivity index is 2.51. The normalized spacial score (nSPS) is 13.0. The number of halogens is 1. The van der Waals surface area contributed by atoms with Gasteiger partial charge in [0.2, 0.25) is 0 Å². The molecule has 1 atom stereocenters. The van der Waals surface area contributed by atoms with Crippen molar-refractivity contribution in [2.45, 2.75) is 39.2 Å². The highest BCUT2D eigenvalue weighted by atomic mass is 35.5. The molecule has 0 aliphatic rings. The molecule has 0 aliphatic carbocycles. The summed E-state index contributed by atoms with van der Waals surface area (Å²) in [6.07, 6.45) is 3.57. The van der Waals surface area contributed by atoms with Gasteiger partial charge < -0.3 is 0 Å². The van der Waals surface area contributed by atoms with Crippen LogP contribution in [0.15, 0.2) is 12.1 Å². The molecule has 0 saturated heterocycles. The Labute approximate surface area is 113 Å². The van der Waals surface area contributed by atoms with Crippen LogP contribution in [-0.2, 0) is 0 Å². The summed E-state index contributed by atoms with van der Waals surface area (Å²) >= 11 is 7.20. The lowest BCUT2D eigenvalue weighted by Crippen LogP contribution is -2.36. The van der Waals surface area contributed by atoms with E-state index in [0.717, 1.165) is 17.8 Å². The highest BCUT2D eigenvalue weighted by molar-refractivity contribution is 7.18. The van der Waals surface area contributed by atoms with Crippen LogP contribution >= 0.6 is 22.9 Å². The average molecular weight is 274 g/mol. The molecule has 0 fully saturated rings. The Morgan fingerprint density at radius 1 is 1.47 bits per heavy atom. The van der Waals surface area contributed by atoms with E-state index in [0.29, 0.717) is 4.34 Å². The van der Waals surface area contributed by atoms with Crippen molar-refractivity contribution < 1.29 is 4.79 Å². The summed E-state index contributed by atoms with van der Waals surface area (Å²) in [6.45, 7) is 5.12. The summed E-state index contributed by atoms with van der Waals surface area (Å²) < 4.78 is 0.675. The molecule has 1 unspecified atom stereocenters. The SMILES string of the molecule is CCCCCN(C)C(C)C(=O)c1ccc(Cl)s1. The van der Waals surface area contributed by atoms with Gasteiger partial charge in [0.1, 0.15) is 0 Å². The second-order valence-corrected chi connectivity index (χ2v) is 6.05. The summed E-state index contributed by atoms with van der Waals surface area (Å²) in [7, 11) is 2.01. The van der Waals surface area contributed by atoms with E-state index in [4.69, 9.17) is 11.6 Å². The smallest absolute Gasteiger partial charge is 0.189 e. The minimum atomic E-state index is -0.0680. The number of Topliss-reactive ketones (excluding diaryl/α,β-unsaturated/α-hetero) is 1. The van der Waals surface area contributed by atoms with Crippen LogP contribution in [0, 0.1) is 0 Å². The van der Waals surface area contributed by atoms with Crippen LogP contribution < -0.4 is 0 Å². The van der Waals surface area contributed by atoms with E-state index in [1.165, 1.54) is 24.2 Å². The van der Waals surface area contributed by atoms with Gasteiger partial charge >= 0.3 is 0 Å². The van der Waals surface area contributed by atoms with E-state index in [2.05, 4.69) is 11.8 Å². The summed E-state index contributed by atoms with van der Waals surface area (Å²) in [4.78, 5) is 15.0. The zero-order valence-corrected chi connectivity index (χ0v) is 12.3. The highest BCUT2D eigenvalue weighted by Gasteiger charge is 2.20. The molecule has 0 bridgehead atoms. The summed E-state index contributed by atoms with van der Waals surface area (Å²) in [5.74, 6) is 0.167. The van der Waals surface area contributed by atoms with Gasteiger partial charge in [-0.25, -0.2) is 0 Å². The molecule has 2 nitrogen and oxygen atoms in total. The first kappa shape index (κ1) is 14.7. The van der Waals surface area contributed by atoms with Crippen molar-refractivity contribution in [3.63, 3.8) is 0 Å². The van der Waals surface area contributed by atoms with Gasteiger partial charge in [0.05, 0.1) is 15.3 Å². The molecular formula is C13H20ClNOS. The van der Waals surface area contributed by atoms with Crippen LogP contribution in [0.4, 0.5) is 0 Å². The van der Waals surface area contributed by atoms with Crippen LogP contribution in [0.3, 0.4) is 0 Å². The van der Waals surface area contributed by atoms with Crippen LogP contribution in [0.1, 0.15) is 42.8 Å². The van der Waals surface area contributed by atoms with Crippen molar-refractivity contribution >= 4 is 28.7 Å². The molecule has 1 heterocycles. The number of carbonyl (C=O) groups is 1. The molecule has 0 aromatic carbocycles. The number of rotatable bonds is 7. The number of carbonyl (C=O) groups excluding carboxylic acids is 1. The zero-order chi connectivity index (χ0) is 12.8. The highest BCUT2D eigenvalue weighted by Crippen LogP contribution is 2.23. The average Bonchev–Trinajstić information content (AvgIpc) is 2.74. The molecule has 0 radical (unpaired) electrons. The fraction of sp³-hybridized carbons (Fsp3) is 0.615. The molecule has 0 N–H and O–H groups in total. The largest absolute Gasteiger partial charge is 0.297 e. The molecular weight excluding hydrogens is 254 g/mol. The lowest BCUT2D eigenvalue weighted by Gasteiger charge is -2.22. The second-order valence-electron chi connectivity index (χ2n) is 4.33.